The van der Waals surface area contributed by atoms with E-state index >= 15 is 0 Å². The van der Waals surface area contributed by atoms with Gasteiger partial charge in [0.2, 0.25) is 0 Å². The van der Waals surface area contributed by atoms with Gasteiger partial charge in [-0.2, -0.15) is 0 Å². The molecule has 0 aliphatic rings. The highest BCUT2D eigenvalue weighted by Crippen LogP contribution is 2.03. The normalized spacial score (nSPS) is 12.9. The summed E-state index contributed by atoms with van der Waals surface area (Å²) in [5.41, 5.74) is 1.47. The molecule has 0 spiro atoms. The summed E-state index contributed by atoms with van der Waals surface area (Å²) < 4.78 is 0. The molecule has 1 radical (unpaired) electrons. The molecule has 0 bridgehead atoms. The average molecular weight is 137 g/mol. The molecule has 0 amide bonds. The van der Waals surface area contributed by atoms with Gasteiger partial charge in [0, 0.05) is 0 Å². The van der Waals surface area contributed by atoms with Crippen LogP contribution in [0.15, 0.2) is 23.8 Å². The summed E-state index contributed by atoms with van der Waals surface area (Å²) in [6.45, 7) is 6.30. The van der Waals surface area contributed by atoms with Gasteiger partial charge in [-0.05, 0) is 33.1 Å². The predicted molar refractivity (Wildman–Crippen MR) is 47.8 cm³/mol. The van der Waals surface area contributed by atoms with E-state index in [1.54, 1.807) is 0 Å². The molecule has 0 aromatic carbocycles. The van der Waals surface area contributed by atoms with Gasteiger partial charge < -0.3 is 0 Å². The molecule has 0 atom stereocenters. The van der Waals surface area contributed by atoms with Crippen molar-refractivity contribution in [2.75, 3.05) is 0 Å². The molecular weight excluding hydrogens is 120 g/mol. The molecule has 0 heteroatoms. The van der Waals surface area contributed by atoms with E-state index in [2.05, 4.69) is 38.5 Å². The van der Waals surface area contributed by atoms with Crippen LogP contribution in [0.4, 0.5) is 0 Å². The van der Waals surface area contributed by atoms with Crippen LogP contribution >= 0.6 is 0 Å². The van der Waals surface area contributed by atoms with Crippen molar-refractivity contribution in [3.63, 3.8) is 0 Å². The minimum absolute atomic E-state index is 1.17. The minimum atomic E-state index is 1.17. The van der Waals surface area contributed by atoms with Gasteiger partial charge >= 0.3 is 0 Å². The fourth-order valence-corrected chi connectivity index (χ4v) is 0.688. The molecule has 0 N–H and O–H groups in total. The molecule has 0 saturated heterocycles. The monoisotopic (exact) mass is 137 g/mol. The van der Waals surface area contributed by atoms with Crippen molar-refractivity contribution in [3.8, 4) is 0 Å². The van der Waals surface area contributed by atoms with Crippen LogP contribution in [0, 0.1) is 6.42 Å². The molecule has 0 fully saturated rings. The third-order valence-corrected chi connectivity index (χ3v) is 1.53. The fraction of sp³-hybridized carbons (Fsp3) is 0.500. The van der Waals surface area contributed by atoms with E-state index in [1.165, 1.54) is 18.4 Å². The Balaban J connectivity index is 3.28. The summed E-state index contributed by atoms with van der Waals surface area (Å²) in [5.74, 6) is 0. The van der Waals surface area contributed by atoms with Crippen molar-refractivity contribution >= 4 is 0 Å². The summed E-state index contributed by atoms with van der Waals surface area (Å²) in [7, 11) is 0. The second-order valence-corrected chi connectivity index (χ2v) is 2.44. The first-order chi connectivity index (χ1) is 4.81. The van der Waals surface area contributed by atoms with E-state index < -0.39 is 0 Å². The summed E-state index contributed by atoms with van der Waals surface area (Å²) >= 11 is 0. The number of hydrogen-bond donors (Lipinski definition) is 0. The Morgan fingerprint density at radius 1 is 1.30 bits per heavy atom. The number of rotatable bonds is 4. The maximum atomic E-state index is 2.20. The van der Waals surface area contributed by atoms with Crippen molar-refractivity contribution in [3.05, 3.63) is 30.2 Å². The van der Waals surface area contributed by atoms with E-state index in [9.17, 15) is 0 Å². The largest absolute Gasteiger partial charge is 0.0887 e. The Bertz CT molecular complexity index is 118. The lowest BCUT2D eigenvalue weighted by atomic mass is 10.1. The number of allylic oxidation sites excluding steroid dienone is 4. The maximum Gasteiger partial charge on any atom is -0.0202 e. The summed E-state index contributed by atoms with van der Waals surface area (Å²) in [4.78, 5) is 0. The third-order valence-electron chi connectivity index (χ3n) is 1.53. The number of hydrogen-bond acceptors (Lipinski definition) is 0. The lowest BCUT2D eigenvalue weighted by molar-refractivity contribution is 0.973. The zero-order valence-electron chi connectivity index (χ0n) is 7.22. The highest BCUT2D eigenvalue weighted by molar-refractivity contribution is 4.99. The van der Waals surface area contributed by atoms with Crippen LogP contribution in [0.5, 0.6) is 0 Å². The second-order valence-electron chi connectivity index (χ2n) is 2.44. The molecule has 0 nitrogen and oxygen atoms in total. The average Bonchev–Trinajstić information content (AvgIpc) is 1.98. The van der Waals surface area contributed by atoms with Gasteiger partial charge in [0.25, 0.3) is 0 Å². The summed E-state index contributed by atoms with van der Waals surface area (Å²) in [5, 5.41) is 0. The van der Waals surface area contributed by atoms with Crippen LogP contribution in [0.2, 0.25) is 0 Å². The summed E-state index contributed by atoms with van der Waals surface area (Å²) in [6, 6.07) is 0. The van der Waals surface area contributed by atoms with E-state index in [-0.39, 0.29) is 0 Å². The molecule has 10 heavy (non-hydrogen) atoms. The van der Waals surface area contributed by atoms with Crippen molar-refractivity contribution in [1.82, 2.24) is 0 Å². The highest BCUT2D eigenvalue weighted by atomic mass is 13.9. The van der Waals surface area contributed by atoms with Crippen LogP contribution in [-0.2, 0) is 0 Å². The van der Waals surface area contributed by atoms with Gasteiger partial charge in [0.1, 0.15) is 0 Å². The van der Waals surface area contributed by atoms with Gasteiger partial charge in [-0.3, -0.25) is 0 Å². The molecular formula is C10H17. The molecule has 0 heterocycles. The van der Waals surface area contributed by atoms with Crippen LogP contribution < -0.4 is 0 Å². The van der Waals surface area contributed by atoms with E-state index in [4.69, 9.17) is 0 Å². The van der Waals surface area contributed by atoms with Crippen LogP contribution in [0.1, 0.15) is 33.6 Å². The first kappa shape index (κ1) is 9.48. The first-order valence-electron chi connectivity index (χ1n) is 3.87. The lowest BCUT2D eigenvalue weighted by Gasteiger charge is -1.93. The third kappa shape index (κ3) is 5.61. The molecule has 0 aromatic rings. The standard InChI is InChI=1S/C10H17/c1-4-6-7-8-9-10(3)5-2/h4-7H,8-9H2,1-3H3/b7-6-,10-5-. The van der Waals surface area contributed by atoms with E-state index in [0.29, 0.717) is 0 Å². The van der Waals surface area contributed by atoms with E-state index in [0.717, 1.165) is 0 Å². The minimum Gasteiger partial charge on any atom is -0.0887 e. The van der Waals surface area contributed by atoms with E-state index in [1.807, 2.05) is 6.92 Å². The Kier molecular flexibility index (Phi) is 6.25. The van der Waals surface area contributed by atoms with Gasteiger partial charge in [-0.15, -0.1) is 0 Å². The van der Waals surface area contributed by atoms with Crippen LogP contribution in [0.25, 0.3) is 0 Å². The Morgan fingerprint density at radius 3 is 2.50 bits per heavy atom. The zero-order valence-corrected chi connectivity index (χ0v) is 7.22. The lowest BCUT2D eigenvalue weighted by Crippen LogP contribution is -1.73. The Morgan fingerprint density at radius 2 is 2.00 bits per heavy atom. The molecule has 0 saturated carbocycles. The smallest absolute Gasteiger partial charge is 0.0202 e. The molecule has 0 aromatic heterocycles. The summed E-state index contributed by atoms with van der Waals surface area (Å²) in [6.07, 6.45) is 10.9. The van der Waals surface area contributed by atoms with Crippen molar-refractivity contribution in [1.29, 1.82) is 0 Å². The maximum absolute atomic E-state index is 2.20. The fourth-order valence-electron chi connectivity index (χ4n) is 0.688. The van der Waals surface area contributed by atoms with Crippen LogP contribution in [0.3, 0.4) is 0 Å². The van der Waals surface area contributed by atoms with Crippen molar-refractivity contribution in [2.24, 2.45) is 0 Å². The molecule has 57 valence electrons. The highest BCUT2D eigenvalue weighted by Gasteiger charge is 1.83. The Labute approximate surface area is 64.6 Å². The van der Waals surface area contributed by atoms with Crippen molar-refractivity contribution < 1.29 is 0 Å². The molecule has 0 aliphatic heterocycles. The van der Waals surface area contributed by atoms with Gasteiger partial charge in [0.15, 0.2) is 0 Å². The van der Waals surface area contributed by atoms with Gasteiger partial charge in [-0.25, -0.2) is 0 Å². The van der Waals surface area contributed by atoms with Crippen LogP contribution in [-0.4, -0.2) is 0 Å². The zero-order chi connectivity index (χ0) is 7.82. The van der Waals surface area contributed by atoms with Crippen molar-refractivity contribution in [2.45, 2.75) is 33.6 Å². The molecule has 0 aliphatic carbocycles. The molecule has 0 unspecified atom stereocenters. The van der Waals surface area contributed by atoms with Gasteiger partial charge in [-0.1, -0.05) is 30.7 Å². The quantitative estimate of drug-likeness (QED) is 0.520. The first-order valence-corrected chi connectivity index (χ1v) is 3.87. The second kappa shape index (κ2) is 6.60. The topological polar surface area (TPSA) is 0 Å². The predicted octanol–water partition coefficient (Wildman–Crippen LogP) is 3.51. The van der Waals surface area contributed by atoms with Gasteiger partial charge in [0.05, 0.1) is 0 Å². The molecule has 0 rings (SSSR count). The Hall–Kier alpha value is -0.520. The SMILES string of the molecule is C[CH]/C=C\CC/C(C)=C\C.